The first kappa shape index (κ1) is 34.2. The minimum absolute atomic E-state index is 0.677. The number of hydrogen-bond acceptors (Lipinski definition) is 3. The van der Waals surface area contributed by atoms with E-state index >= 15 is 0 Å². The summed E-state index contributed by atoms with van der Waals surface area (Å²) in [6.07, 6.45) is 8.75. The highest BCUT2D eigenvalue weighted by Crippen LogP contribution is 2.41. The van der Waals surface area contributed by atoms with Crippen molar-refractivity contribution in [1.29, 1.82) is 0 Å². The minimum atomic E-state index is 0.677. The third kappa shape index (κ3) is 5.68. The monoisotopic (exact) mass is 767 g/mol. The van der Waals surface area contributed by atoms with Gasteiger partial charge in [-0.3, -0.25) is 0 Å². The molecule has 0 unspecified atom stereocenters. The van der Waals surface area contributed by atoms with Crippen molar-refractivity contribution < 1.29 is 4.42 Å². The van der Waals surface area contributed by atoms with Gasteiger partial charge in [-0.05, 0) is 94.8 Å². The van der Waals surface area contributed by atoms with Crippen LogP contribution in [0.4, 0.5) is 0 Å². The standard InChI is InChI=1S/C56H37N3O/c1-4-13-36(14-5-1)39-23-25-40(26-24-39)55-44-19-10-11-21-49(44)57-56(58-55)46-20-12-22-52-54(46)45-30-29-43(35-53(45)60-52)59-50-31-27-41(37-15-6-2-7-16-37)33-47(50)48-34-42(28-32-51(48)59)38-17-8-3-9-18-38/h1-4,6-13,15-35H,5,14H2. The molecule has 1 aliphatic rings. The molecule has 4 heteroatoms. The Balaban J connectivity index is 1.01. The Bertz CT molecular complexity index is 3420. The normalized spacial score (nSPS) is 12.9. The largest absolute Gasteiger partial charge is 0.456 e. The van der Waals surface area contributed by atoms with Crippen molar-refractivity contribution >= 4 is 60.2 Å². The van der Waals surface area contributed by atoms with Crippen LogP contribution in [0.15, 0.2) is 205 Å². The summed E-state index contributed by atoms with van der Waals surface area (Å²) in [7, 11) is 0. The lowest BCUT2D eigenvalue weighted by Gasteiger charge is -2.12. The summed E-state index contributed by atoms with van der Waals surface area (Å²) in [5, 5.41) is 5.48. The molecule has 282 valence electrons. The third-order valence-corrected chi connectivity index (χ3v) is 12.1. The molecule has 0 bridgehead atoms. The predicted molar refractivity (Wildman–Crippen MR) is 249 cm³/mol. The van der Waals surface area contributed by atoms with Gasteiger partial charge in [-0.15, -0.1) is 0 Å². The number of allylic oxidation sites excluding steroid dienone is 4. The van der Waals surface area contributed by atoms with Gasteiger partial charge in [0.25, 0.3) is 0 Å². The van der Waals surface area contributed by atoms with Crippen molar-refractivity contribution in [2.45, 2.75) is 12.8 Å². The van der Waals surface area contributed by atoms with Crippen LogP contribution in [0.2, 0.25) is 0 Å². The van der Waals surface area contributed by atoms with Crippen LogP contribution in [0, 0.1) is 0 Å². The van der Waals surface area contributed by atoms with Crippen LogP contribution in [0.25, 0.3) is 111 Å². The van der Waals surface area contributed by atoms with E-state index in [1.54, 1.807) is 0 Å². The second-order valence-corrected chi connectivity index (χ2v) is 15.6. The Hall–Kier alpha value is -7.82. The minimum Gasteiger partial charge on any atom is -0.456 e. The van der Waals surface area contributed by atoms with Gasteiger partial charge in [0.1, 0.15) is 11.2 Å². The van der Waals surface area contributed by atoms with Crippen LogP contribution < -0.4 is 0 Å². The molecule has 1 aliphatic carbocycles. The van der Waals surface area contributed by atoms with E-state index in [1.807, 2.05) is 18.2 Å². The Morgan fingerprint density at radius 3 is 1.83 bits per heavy atom. The highest BCUT2D eigenvalue weighted by Gasteiger charge is 2.20. The van der Waals surface area contributed by atoms with E-state index in [-0.39, 0.29) is 0 Å². The van der Waals surface area contributed by atoms with Crippen molar-refractivity contribution in [2.75, 3.05) is 0 Å². The molecule has 3 heterocycles. The van der Waals surface area contributed by atoms with Crippen LogP contribution in [0.5, 0.6) is 0 Å². The zero-order valence-corrected chi connectivity index (χ0v) is 32.7. The van der Waals surface area contributed by atoms with Crippen molar-refractivity contribution in [3.8, 4) is 50.6 Å². The van der Waals surface area contributed by atoms with Gasteiger partial charge >= 0.3 is 0 Å². The predicted octanol–water partition coefficient (Wildman–Crippen LogP) is 15.0. The highest BCUT2D eigenvalue weighted by molar-refractivity contribution is 6.14. The Labute approximate surface area is 347 Å². The maximum absolute atomic E-state index is 6.73. The van der Waals surface area contributed by atoms with Crippen LogP contribution in [-0.2, 0) is 0 Å². The van der Waals surface area contributed by atoms with E-state index < -0.39 is 0 Å². The maximum Gasteiger partial charge on any atom is 0.161 e. The van der Waals surface area contributed by atoms with Gasteiger partial charge in [-0.25, -0.2) is 9.97 Å². The van der Waals surface area contributed by atoms with Crippen molar-refractivity contribution in [1.82, 2.24) is 14.5 Å². The van der Waals surface area contributed by atoms with Crippen LogP contribution in [0.3, 0.4) is 0 Å². The summed E-state index contributed by atoms with van der Waals surface area (Å²) in [5.74, 6) is 0.677. The first-order valence-electron chi connectivity index (χ1n) is 20.6. The molecule has 0 aliphatic heterocycles. The number of nitrogens with zero attached hydrogens (tertiary/aromatic N) is 3. The number of fused-ring (bicyclic) bond motifs is 7. The van der Waals surface area contributed by atoms with Crippen molar-refractivity contribution in [2.24, 2.45) is 0 Å². The molecule has 0 amide bonds. The molecule has 60 heavy (non-hydrogen) atoms. The fourth-order valence-corrected chi connectivity index (χ4v) is 9.16. The topological polar surface area (TPSA) is 43.9 Å². The summed E-state index contributed by atoms with van der Waals surface area (Å²) >= 11 is 0. The number of hydrogen-bond donors (Lipinski definition) is 0. The lowest BCUT2D eigenvalue weighted by Crippen LogP contribution is -1.96. The average Bonchev–Trinajstić information content (AvgIpc) is 3.87. The van der Waals surface area contributed by atoms with Crippen molar-refractivity contribution in [3.05, 3.63) is 206 Å². The van der Waals surface area contributed by atoms with Crippen molar-refractivity contribution in [3.63, 3.8) is 0 Å². The third-order valence-electron chi connectivity index (χ3n) is 12.1. The lowest BCUT2D eigenvalue weighted by atomic mass is 9.95. The molecule has 11 aromatic rings. The zero-order chi connectivity index (χ0) is 39.6. The molecule has 0 radical (unpaired) electrons. The van der Waals surface area contributed by atoms with E-state index in [1.165, 1.54) is 44.2 Å². The van der Waals surface area contributed by atoms with E-state index in [0.717, 1.165) is 79.2 Å². The molecule has 0 saturated carbocycles. The van der Waals surface area contributed by atoms with Gasteiger partial charge in [0.05, 0.1) is 22.2 Å². The Morgan fingerprint density at radius 1 is 0.467 bits per heavy atom. The van der Waals surface area contributed by atoms with E-state index in [9.17, 15) is 0 Å². The quantitative estimate of drug-likeness (QED) is 0.169. The van der Waals surface area contributed by atoms with E-state index in [0.29, 0.717) is 5.82 Å². The van der Waals surface area contributed by atoms with E-state index in [4.69, 9.17) is 14.4 Å². The molecule has 12 rings (SSSR count). The summed E-state index contributed by atoms with van der Waals surface area (Å²) in [4.78, 5) is 10.5. The summed E-state index contributed by atoms with van der Waals surface area (Å²) in [6.45, 7) is 0. The van der Waals surface area contributed by atoms with Gasteiger partial charge in [0.2, 0.25) is 0 Å². The summed E-state index contributed by atoms with van der Waals surface area (Å²) in [6, 6.07) is 64.8. The van der Waals surface area contributed by atoms with Crippen LogP contribution in [0.1, 0.15) is 18.4 Å². The van der Waals surface area contributed by atoms with Gasteiger partial charge < -0.3 is 8.98 Å². The first-order valence-corrected chi connectivity index (χ1v) is 20.6. The number of furan rings is 1. The van der Waals surface area contributed by atoms with Crippen LogP contribution in [-0.4, -0.2) is 14.5 Å². The molecule has 0 fully saturated rings. The number of para-hydroxylation sites is 1. The van der Waals surface area contributed by atoms with Gasteiger partial charge in [-0.1, -0.05) is 146 Å². The number of rotatable bonds is 6. The molecule has 4 nitrogen and oxygen atoms in total. The Morgan fingerprint density at radius 2 is 1.13 bits per heavy atom. The van der Waals surface area contributed by atoms with E-state index in [2.05, 4.69) is 187 Å². The average molecular weight is 768 g/mol. The van der Waals surface area contributed by atoms with Gasteiger partial charge in [0.15, 0.2) is 5.82 Å². The Kier molecular flexibility index (Phi) is 7.95. The fourth-order valence-electron chi connectivity index (χ4n) is 9.16. The zero-order valence-electron chi connectivity index (χ0n) is 32.7. The number of aromatic nitrogens is 3. The molecule has 0 atom stereocenters. The molecule has 8 aromatic carbocycles. The van der Waals surface area contributed by atoms with Crippen LogP contribution >= 0.6 is 0 Å². The molecular formula is C56H37N3O. The molecule has 0 N–H and O–H groups in total. The first-order chi connectivity index (χ1) is 29.7. The second kappa shape index (κ2) is 13.9. The van der Waals surface area contributed by atoms with Gasteiger partial charge in [-0.2, -0.15) is 0 Å². The fraction of sp³-hybridized carbons (Fsp3) is 0.0357. The smallest absolute Gasteiger partial charge is 0.161 e. The second-order valence-electron chi connectivity index (χ2n) is 15.6. The highest BCUT2D eigenvalue weighted by atomic mass is 16.3. The SMILES string of the molecule is C1=CCCC(c2ccc(-c3nc(-c4cccc5oc6cc(-n7c8ccc(-c9ccccc9)cc8c8cc(-c9ccccc9)ccc87)ccc6c45)nc4ccccc34)cc2)=C1. The molecule has 0 saturated heterocycles. The number of benzene rings is 8. The summed E-state index contributed by atoms with van der Waals surface area (Å²) < 4.78 is 9.09. The summed E-state index contributed by atoms with van der Waals surface area (Å²) in [5.41, 5.74) is 16.2. The molecular weight excluding hydrogens is 731 g/mol. The molecule has 3 aromatic heterocycles. The maximum atomic E-state index is 6.73. The lowest BCUT2D eigenvalue weighted by molar-refractivity contribution is 0.668. The molecule has 0 spiro atoms. The van der Waals surface area contributed by atoms with Gasteiger partial charge in [0, 0.05) is 49.8 Å².